The number of hydrogen-bond donors (Lipinski definition) is 0. The molecule has 0 N–H and O–H groups in total. The molecule has 0 unspecified atom stereocenters. The van der Waals surface area contributed by atoms with Crippen LogP contribution in [-0.4, -0.2) is 35.0 Å². The Balaban J connectivity index is 1.96. The molecule has 1 aromatic carbocycles. The summed E-state index contributed by atoms with van der Waals surface area (Å²) in [4.78, 5) is 24.5. The van der Waals surface area contributed by atoms with E-state index in [2.05, 4.69) is 15.9 Å². The molecule has 0 saturated carbocycles. The normalized spacial score (nSPS) is 15.0. The molecular formula is C11H9BrClNO3S. The zero-order valence-corrected chi connectivity index (χ0v) is 12.3. The van der Waals surface area contributed by atoms with Gasteiger partial charge in [-0.25, -0.2) is 4.79 Å². The average molecular weight is 351 g/mol. The molecule has 0 radical (unpaired) electrons. The van der Waals surface area contributed by atoms with E-state index < -0.39 is 5.97 Å². The van der Waals surface area contributed by atoms with E-state index in [0.717, 1.165) is 0 Å². The van der Waals surface area contributed by atoms with Crippen LogP contribution >= 0.6 is 39.3 Å². The maximum Gasteiger partial charge on any atom is 0.331 e. The Morgan fingerprint density at radius 1 is 1.56 bits per heavy atom. The first-order valence-electron chi connectivity index (χ1n) is 5.07. The van der Waals surface area contributed by atoms with Crippen molar-refractivity contribution in [3.63, 3.8) is 0 Å². The lowest BCUT2D eigenvalue weighted by Crippen LogP contribution is -2.33. The molecule has 1 aliphatic heterocycles. The Morgan fingerprint density at radius 3 is 2.94 bits per heavy atom. The summed E-state index contributed by atoms with van der Waals surface area (Å²) in [6.45, 7) is -0.0269. The van der Waals surface area contributed by atoms with E-state index >= 15 is 0 Å². The van der Waals surface area contributed by atoms with Crippen LogP contribution in [0.5, 0.6) is 5.75 Å². The molecule has 0 aliphatic carbocycles. The van der Waals surface area contributed by atoms with E-state index in [0.29, 0.717) is 26.9 Å². The van der Waals surface area contributed by atoms with Crippen LogP contribution in [0.4, 0.5) is 0 Å². The molecule has 1 saturated heterocycles. The Morgan fingerprint density at radius 2 is 2.33 bits per heavy atom. The molecule has 1 fully saturated rings. The second kappa shape index (κ2) is 5.95. The van der Waals surface area contributed by atoms with E-state index in [9.17, 15) is 9.59 Å². The van der Waals surface area contributed by atoms with Crippen LogP contribution in [0.25, 0.3) is 0 Å². The first kappa shape index (κ1) is 13.7. The van der Waals surface area contributed by atoms with Gasteiger partial charge in [0.25, 0.3) is 0 Å². The minimum atomic E-state index is -0.464. The smallest absolute Gasteiger partial charge is 0.331 e. The van der Waals surface area contributed by atoms with Crippen molar-refractivity contribution in [1.82, 2.24) is 4.90 Å². The van der Waals surface area contributed by atoms with E-state index in [-0.39, 0.29) is 12.5 Å². The van der Waals surface area contributed by atoms with E-state index in [1.165, 1.54) is 16.7 Å². The van der Waals surface area contributed by atoms with Crippen molar-refractivity contribution in [1.29, 1.82) is 0 Å². The van der Waals surface area contributed by atoms with Crippen LogP contribution in [-0.2, 0) is 9.59 Å². The third kappa shape index (κ3) is 3.40. The molecule has 1 amide bonds. The minimum absolute atomic E-state index is 0.0269. The molecule has 1 heterocycles. The van der Waals surface area contributed by atoms with Gasteiger partial charge in [0, 0.05) is 5.02 Å². The van der Waals surface area contributed by atoms with Gasteiger partial charge in [0.15, 0.2) is 0 Å². The first-order valence-corrected chi connectivity index (χ1v) is 7.40. The molecule has 1 aliphatic rings. The molecule has 4 nitrogen and oxygen atoms in total. The van der Waals surface area contributed by atoms with Crippen LogP contribution in [0.15, 0.2) is 22.7 Å². The first-order chi connectivity index (χ1) is 8.56. The van der Waals surface area contributed by atoms with Crippen molar-refractivity contribution in [2.24, 2.45) is 0 Å². The van der Waals surface area contributed by atoms with Gasteiger partial charge in [-0.2, -0.15) is 0 Å². The largest absolute Gasteiger partial charge is 0.424 e. The molecule has 18 heavy (non-hydrogen) atoms. The molecule has 0 atom stereocenters. The van der Waals surface area contributed by atoms with Gasteiger partial charge in [-0.05, 0) is 34.1 Å². The van der Waals surface area contributed by atoms with Gasteiger partial charge in [-0.3, -0.25) is 4.79 Å². The van der Waals surface area contributed by atoms with Crippen LogP contribution in [0.3, 0.4) is 0 Å². The number of nitrogens with zero attached hydrogens (tertiary/aromatic N) is 1. The SMILES string of the molecule is O=C(CN1CSCC1=O)Oc1ccc(Cl)cc1Br. The summed E-state index contributed by atoms with van der Waals surface area (Å²) in [7, 11) is 0. The summed E-state index contributed by atoms with van der Waals surface area (Å²) in [6, 6.07) is 4.87. The van der Waals surface area contributed by atoms with E-state index in [1.54, 1.807) is 18.2 Å². The zero-order valence-electron chi connectivity index (χ0n) is 9.19. The summed E-state index contributed by atoms with van der Waals surface area (Å²) in [6.07, 6.45) is 0. The number of ether oxygens (including phenoxy) is 1. The molecule has 1 aromatic rings. The van der Waals surface area contributed by atoms with Gasteiger partial charge in [-0.1, -0.05) is 11.6 Å². The predicted molar refractivity (Wildman–Crippen MR) is 73.8 cm³/mol. The van der Waals surface area contributed by atoms with Crippen LogP contribution in [0, 0.1) is 0 Å². The highest BCUT2D eigenvalue weighted by Gasteiger charge is 2.24. The maximum absolute atomic E-state index is 11.7. The summed E-state index contributed by atoms with van der Waals surface area (Å²) >= 11 is 10.5. The van der Waals surface area contributed by atoms with Gasteiger partial charge in [-0.15, -0.1) is 11.8 Å². The second-order valence-corrected chi connectivity index (χ2v) is 5.86. The summed E-state index contributed by atoms with van der Waals surface area (Å²) in [5, 5.41) is 0.549. The standard InChI is InChI=1S/C11H9BrClNO3S/c12-8-3-7(13)1-2-9(8)17-11(16)4-14-6-18-5-10(14)15/h1-3H,4-6H2. The number of rotatable bonds is 3. The predicted octanol–water partition coefficient (Wildman–Crippen LogP) is 2.54. The van der Waals surface area contributed by atoms with Crippen molar-refractivity contribution in [2.45, 2.75) is 0 Å². The summed E-state index contributed by atoms with van der Waals surface area (Å²) in [5.41, 5.74) is 0. The average Bonchev–Trinajstić information content (AvgIpc) is 2.69. The highest BCUT2D eigenvalue weighted by atomic mass is 79.9. The number of esters is 1. The van der Waals surface area contributed by atoms with Crippen molar-refractivity contribution in [3.8, 4) is 5.75 Å². The number of halogens is 2. The van der Waals surface area contributed by atoms with Gasteiger partial charge >= 0.3 is 5.97 Å². The second-order valence-electron chi connectivity index (χ2n) is 3.62. The molecule has 0 spiro atoms. The lowest BCUT2D eigenvalue weighted by molar-refractivity contribution is -0.140. The number of thioether (sulfide) groups is 1. The fourth-order valence-electron chi connectivity index (χ4n) is 1.41. The van der Waals surface area contributed by atoms with E-state index in [4.69, 9.17) is 16.3 Å². The number of benzene rings is 1. The van der Waals surface area contributed by atoms with Crippen molar-refractivity contribution in [3.05, 3.63) is 27.7 Å². The maximum atomic E-state index is 11.7. The fraction of sp³-hybridized carbons (Fsp3) is 0.273. The third-order valence-electron chi connectivity index (χ3n) is 2.26. The van der Waals surface area contributed by atoms with Gasteiger partial charge in [0.05, 0.1) is 16.1 Å². The molecule has 0 aromatic heterocycles. The zero-order chi connectivity index (χ0) is 13.1. The number of amides is 1. The minimum Gasteiger partial charge on any atom is -0.424 e. The van der Waals surface area contributed by atoms with Gasteiger partial charge < -0.3 is 9.64 Å². The Labute approximate surface area is 122 Å². The Kier molecular flexibility index (Phi) is 4.53. The lowest BCUT2D eigenvalue weighted by Gasteiger charge is -2.13. The molecule has 7 heteroatoms. The Bertz CT molecular complexity index is 497. The molecule has 0 bridgehead atoms. The van der Waals surface area contributed by atoms with E-state index in [1.807, 2.05) is 0 Å². The van der Waals surface area contributed by atoms with Gasteiger partial charge in [0.1, 0.15) is 12.3 Å². The highest BCUT2D eigenvalue weighted by molar-refractivity contribution is 9.10. The van der Waals surface area contributed by atoms with Gasteiger partial charge in [0.2, 0.25) is 5.91 Å². The van der Waals surface area contributed by atoms with Crippen molar-refractivity contribution >= 4 is 51.2 Å². The summed E-state index contributed by atoms with van der Waals surface area (Å²) < 4.78 is 5.77. The highest BCUT2D eigenvalue weighted by Crippen LogP contribution is 2.28. The molecule has 2 rings (SSSR count). The third-order valence-corrected chi connectivity index (χ3v) is 4.06. The number of carbonyl (C=O) groups excluding carboxylic acids is 2. The van der Waals surface area contributed by atoms with Crippen LogP contribution < -0.4 is 4.74 Å². The van der Waals surface area contributed by atoms with Crippen LogP contribution in [0.2, 0.25) is 5.02 Å². The van der Waals surface area contributed by atoms with Crippen molar-refractivity contribution in [2.75, 3.05) is 18.2 Å². The quantitative estimate of drug-likeness (QED) is 0.621. The fourth-order valence-corrected chi connectivity index (χ4v) is 3.08. The number of hydrogen-bond acceptors (Lipinski definition) is 4. The summed E-state index contributed by atoms with van der Waals surface area (Å²) in [5.74, 6) is 0.859. The van der Waals surface area contributed by atoms with Crippen LogP contribution in [0.1, 0.15) is 0 Å². The van der Waals surface area contributed by atoms with Crippen molar-refractivity contribution < 1.29 is 14.3 Å². The molecule has 96 valence electrons. The Hall–Kier alpha value is -0.720. The monoisotopic (exact) mass is 349 g/mol. The topological polar surface area (TPSA) is 46.6 Å². The molecular weight excluding hydrogens is 342 g/mol. The lowest BCUT2D eigenvalue weighted by atomic mass is 10.3. The number of carbonyl (C=O) groups is 2.